The van der Waals surface area contributed by atoms with E-state index in [0.717, 1.165) is 31.3 Å². The van der Waals surface area contributed by atoms with Crippen molar-refractivity contribution in [1.82, 2.24) is 0 Å². The van der Waals surface area contributed by atoms with Crippen molar-refractivity contribution in [2.75, 3.05) is 0 Å². The molecule has 0 aromatic heterocycles. The summed E-state index contributed by atoms with van der Waals surface area (Å²) in [5.41, 5.74) is 0.833. The molecule has 0 unspecified atom stereocenters. The first-order valence-corrected chi connectivity index (χ1v) is 5.31. The van der Waals surface area contributed by atoms with Gasteiger partial charge in [-0.05, 0) is 0 Å². The van der Waals surface area contributed by atoms with Gasteiger partial charge in [0.05, 0.1) is 0 Å². The second-order valence-corrected chi connectivity index (χ2v) is 4.77. The summed E-state index contributed by atoms with van der Waals surface area (Å²) in [7, 11) is 0. The van der Waals surface area contributed by atoms with Gasteiger partial charge in [0.2, 0.25) is 0 Å². The van der Waals surface area contributed by atoms with Crippen molar-refractivity contribution in [2.45, 2.75) is 6.92 Å². The summed E-state index contributed by atoms with van der Waals surface area (Å²) in [5, 5.41) is 0. The van der Waals surface area contributed by atoms with Gasteiger partial charge in [0.1, 0.15) is 0 Å². The molecule has 1 rings (SSSR count). The average molecular weight is 324 g/mol. The summed E-state index contributed by atoms with van der Waals surface area (Å²) >= 11 is 0.823. The number of benzene rings is 1. The minimum atomic E-state index is 0.155. The van der Waals surface area contributed by atoms with Crippen molar-refractivity contribution in [1.29, 1.82) is 0 Å². The predicted molar refractivity (Wildman–Crippen MR) is 41.8 cm³/mol. The van der Waals surface area contributed by atoms with E-state index in [1.165, 1.54) is 3.12 Å². The zero-order valence-electron chi connectivity index (χ0n) is 5.79. The summed E-state index contributed by atoms with van der Waals surface area (Å²) in [6.07, 6.45) is 0. The Bertz CT molecular complexity index is 255. The molecule has 0 aliphatic rings. The van der Waals surface area contributed by atoms with Crippen LogP contribution in [0.15, 0.2) is 24.3 Å². The summed E-state index contributed by atoms with van der Waals surface area (Å²) in [6.45, 7) is 1.60. The Hall–Kier alpha value is -0.188. The SMILES string of the molecule is CC(=O)c1ccc[c]([Tl])c1. The molecule has 0 aliphatic carbocycles. The topological polar surface area (TPSA) is 17.1 Å². The van der Waals surface area contributed by atoms with Crippen molar-refractivity contribution in [2.24, 2.45) is 0 Å². The van der Waals surface area contributed by atoms with Crippen molar-refractivity contribution < 1.29 is 4.79 Å². The zero-order valence-corrected chi connectivity index (χ0v) is 10.3. The quantitative estimate of drug-likeness (QED) is 0.549. The molecule has 48 valence electrons. The molecule has 0 saturated heterocycles. The Morgan fingerprint density at radius 1 is 1.50 bits per heavy atom. The molecule has 0 N–H and O–H groups in total. The van der Waals surface area contributed by atoms with E-state index >= 15 is 0 Å². The Balaban J connectivity index is 3.07. The van der Waals surface area contributed by atoms with Gasteiger partial charge in [0.25, 0.3) is 0 Å². The molecule has 0 radical (unpaired) electrons. The van der Waals surface area contributed by atoms with Crippen molar-refractivity contribution in [3.63, 3.8) is 0 Å². The third kappa shape index (κ3) is 1.90. The predicted octanol–water partition coefficient (Wildman–Crippen LogP) is 0.683. The number of carbonyl (C=O) groups is 1. The number of hydrogen-bond donors (Lipinski definition) is 0. The maximum atomic E-state index is 10.8. The molecular weight excluding hydrogens is 316 g/mol. The molecule has 1 aromatic rings. The molecule has 0 aliphatic heterocycles. The molecule has 2 heteroatoms. The van der Waals surface area contributed by atoms with Crippen LogP contribution >= 0.6 is 0 Å². The number of rotatable bonds is 1. The van der Waals surface area contributed by atoms with Crippen molar-refractivity contribution in [3.05, 3.63) is 29.8 Å². The van der Waals surface area contributed by atoms with Crippen LogP contribution in [0.3, 0.4) is 0 Å². The second-order valence-electron chi connectivity index (χ2n) is 2.18. The maximum absolute atomic E-state index is 10.8. The zero-order chi connectivity index (χ0) is 7.56. The molecule has 0 saturated carbocycles. The second kappa shape index (κ2) is 3.28. The van der Waals surface area contributed by atoms with Gasteiger partial charge in [0.15, 0.2) is 0 Å². The van der Waals surface area contributed by atoms with Crippen LogP contribution in [0.2, 0.25) is 0 Å². The number of ketones is 1. The number of carbonyl (C=O) groups excluding carboxylic acids is 1. The summed E-state index contributed by atoms with van der Waals surface area (Å²) in [6, 6.07) is 7.81. The van der Waals surface area contributed by atoms with E-state index < -0.39 is 0 Å². The normalized spacial score (nSPS) is 9.20. The van der Waals surface area contributed by atoms with Crippen LogP contribution in [0.1, 0.15) is 17.3 Å². The van der Waals surface area contributed by atoms with E-state index in [2.05, 4.69) is 6.07 Å². The monoisotopic (exact) mass is 324 g/mol. The van der Waals surface area contributed by atoms with E-state index in [4.69, 9.17) is 0 Å². The van der Waals surface area contributed by atoms with Crippen LogP contribution in [0.4, 0.5) is 0 Å². The minimum absolute atomic E-state index is 0.155. The van der Waals surface area contributed by atoms with Crippen LogP contribution in [0.5, 0.6) is 0 Å². The van der Waals surface area contributed by atoms with Gasteiger partial charge in [-0.15, -0.1) is 0 Å². The van der Waals surface area contributed by atoms with Gasteiger partial charge >= 0.3 is 76.2 Å². The molecule has 0 heterocycles. The van der Waals surface area contributed by atoms with E-state index in [1.807, 2.05) is 18.2 Å². The average Bonchev–Trinajstić information content (AvgIpc) is 1.88. The standard InChI is InChI=1S/C8H7O.Tl/c1-7(9)8-5-3-2-4-6-8;/h2-3,5-6H,1H3;. The van der Waals surface area contributed by atoms with E-state index in [9.17, 15) is 4.79 Å². The first-order valence-electron chi connectivity index (χ1n) is 3.06. The first-order chi connectivity index (χ1) is 4.70. The van der Waals surface area contributed by atoms with Crippen molar-refractivity contribution >= 4 is 34.7 Å². The van der Waals surface area contributed by atoms with Crippen LogP contribution in [-0.2, 0) is 0 Å². The van der Waals surface area contributed by atoms with Gasteiger partial charge in [-0.1, -0.05) is 0 Å². The summed E-state index contributed by atoms with van der Waals surface area (Å²) in [4.78, 5) is 10.8. The van der Waals surface area contributed by atoms with Crippen molar-refractivity contribution in [3.8, 4) is 0 Å². The molecular formula is C8H7OTl. The Morgan fingerprint density at radius 3 is 2.60 bits per heavy atom. The summed E-state index contributed by atoms with van der Waals surface area (Å²) in [5.74, 6) is 0.155. The van der Waals surface area contributed by atoms with Gasteiger partial charge in [-0.25, -0.2) is 0 Å². The molecule has 1 nitrogen and oxygen atoms in total. The van der Waals surface area contributed by atoms with Gasteiger partial charge in [0, 0.05) is 0 Å². The number of hydrogen-bond acceptors (Lipinski definition) is 1. The first kappa shape index (κ1) is 7.91. The van der Waals surface area contributed by atoms with E-state index in [1.54, 1.807) is 6.92 Å². The van der Waals surface area contributed by atoms with Gasteiger partial charge in [-0.3, -0.25) is 0 Å². The van der Waals surface area contributed by atoms with Crippen LogP contribution in [-0.4, -0.2) is 31.6 Å². The molecule has 0 fully saturated rings. The Morgan fingerprint density at radius 2 is 2.20 bits per heavy atom. The third-order valence-electron chi connectivity index (χ3n) is 1.29. The fraction of sp³-hybridized carbons (Fsp3) is 0.125. The fourth-order valence-electron chi connectivity index (χ4n) is 0.758. The molecule has 0 amide bonds. The van der Waals surface area contributed by atoms with Gasteiger partial charge in [-0.2, -0.15) is 0 Å². The molecule has 0 bridgehead atoms. The van der Waals surface area contributed by atoms with Crippen LogP contribution < -0.4 is 3.12 Å². The summed E-state index contributed by atoms with van der Waals surface area (Å²) < 4.78 is 1.30. The van der Waals surface area contributed by atoms with Gasteiger partial charge < -0.3 is 0 Å². The molecule has 0 spiro atoms. The third-order valence-corrected chi connectivity index (χ3v) is 2.69. The molecule has 0 atom stereocenters. The Kier molecular flexibility index (Phi) is 2.59. The van der Waals surface area contributed by atoms with Crippen LogP contribution in [0, 0.1) is 0 Å². The number of Topliss-reactive ketones (excluding diaryl/α,β-unsaturated/α-hetero) is 1. The molecule has 10 heavy (non-hydrogen) atoms. The fourth-order valence-corrected chi connectivity index (χ4v) is 1.89. The van der Waals surface area contributed by atoms with E-state index in [0.29, 0.717) is 0 Å². The Labute approximate surface area is 76.1 Å². The van der Waals surface area contributed by atoms with E-state index in [-0.39, 0.29) is 5.78 Å². The molecule has 1 aromatic carbocycles. The van der Waals surface area contributed by atoms with Crippen LogP contribution in [0.25, 0.3) is 0 Å².